The second-order valence-electron chi connectivity index (χ2n) is 7.92. The molecule has 7 nitrogen and oxygen atoms in total. The van der Waals surface area contributed by atoms with Crippen molar-refractivity contribution in [2.75, 3.05) is 0 Å². The van der Waals surface area contributed by atoms with Crippen LogP contribution < -0.4 is 5.32 Å². The lowest BCUT2D eigenvalue weighted by molar-refractivity contribution is 0.0951. The molecule has 0 unspecified atom stereocenters. The van der Waals surface area contributed by atoms with Gasteiger partial charge in [-0.2, -0.15) is 0 Å². The first-order valence-electron chi connectivity index (χ1n) is 11.1. The molecule has 1 aromatic heterocycles. The third-order valence-corrected chi connectivity index (χ3v) is 5.57. The van der Waals surface area contributed by atoms with Crippen molar-refractivity contribution in [2.45, 2.75) is 6.54 Å². The van der Waals surface area contributed by atoms with Crippen LogP contribution in [0.3, 0.4) is 0 Å². The molecule has 35 heavy (non-hydrogen) atoms. The summed E-state index contributed by atoms with van der Waals surface area (Å²) >= 11 is 0. The largest absolute Gasteiger partial charge is 0.507 e. The number of para-hydroxylation sites is 2. The maximum Gasteiger partial charge on any atom is 0.251 e. The molecule has 0 atom stereocenters. The van der Waals surface area contributed by atoms with Crippen molar-refractivity contribution in [3.63, 3.8) is 0 Å². The van der Waals surface area contributed by atoms with Gasteiger partial charge in [0.15, 0.2) is 11.6 Å². The molecule has 3 N–H and O–H groups in total. The molecule has 0 fully saturated rings. The van der Waals surface area contributed by atoms with E-state index in [1.54, 1.807) is 77.5 Å². The van der Waals surface area contributed by atoms with Crippen molar-refractivity contribution >= 4 is 5.91 Å². The Morgan fingerprint density at radius 1 is 0.743 bits per heavy atom. The Hall–Kier alpha value is -4.91. The Labute approximate surface area is 202 Å². The van der Waals surface area contributed by atoms with Crippen LogP contribution in [-0.4, -0.2) is 30.9 Å². The van der Waals surface area contributed by atoms with Crippen LogP contribution in [0.25, 0.3) is 28.5 Å². The summed E-state index contributed by atoms with van der Waals surface area (Å²) in [4.78, 5) is 17.2. The van der Waals surface area contributed by atoms with Crippen LogP contribution in [0.15, 0.2) is 103 Å². The number of benzene rings is 4. The van der Waals surface area contributed by atoms with Crippen molar-refractivity contribution in [1.82, 2.24) is 20.1 Å². The lowest BCUT2D eigenvalue weighted by Crippen LogP contribution is -2.22. The van der Waals surface area contributed by atoms with Crippen LogP contribution in [-0.2, 0) is 6.54 Å². The van der Waals surface area contributed by atoms with E-state index in [9.17, 15) is 15.0 Å². The third-order valence-electron chi connectivity index (χ3n) is 5.57. The Morgan fingerprint density at radius 2 is 1.34 bits per heavy atom. The maximum absolute atomic E-state index is 12.6. The Morgan fingerprint density at radius 3 is 2.00 bits per heavy atom. The Bertz CT molecular complexity index is 1480. The van der Waals surface area contributed by atoms with Crippen LogP contribution in [0.5, 0.6) is 11.5 Å². The quantitative estimate of drug-likeness (QED) is 0.332. The fourth-order valence-corrected chi connectivity index (χ4v) is 3.74. The van der Waals surface area contributed by atoms with E-state index in [0.29, 0.717) is 40.6 Å². The van der Waals surface area contributed by atoms with Crippen molar-refractivity contribution < 1.29 is 15.0 Å². The summed E-state index contributed by atoms with van der Waals surface area (Å²) < 4.78 is 1.59. The molecule has 7 heteroatoms. The SMILES string of the molecule is O=C(NCc1ccccc1)c1ccc(-n2nc(-c3ccccc3O)nc2-c2ccccc2O)cc1. The fraction of sp³-hybridized carbons (Fsp3) is 0.0357. The van der Waals surface area contributed by atoms with Crippen molar-refractivity contribution in [2.24, 2.45) is 0 Å². The molecule has 172 valence electrons. The van der Waals surface area contributed by atoms with Gasteiger partial charge in [-0.15, -0.1) is 5.10 Å². The van der Waals surface area contributed by atoms with Gasteiger partial charge in [-0.25, -0.2) is 9.67 Å². The number of hydrogen-bond acceptors (Lipinski definition) is 5. The minimum absolute atomic E-state index is 0.0546. The Kier molecular flexibility index (Phi) is 5.96. The predicted molar refractivity (Wildman–Crippen MR) is 133 cm³/mol. The van der Waals surface area contributed by atoms with E-state index < -0.39 is 0 Å². The Balaban J connectivity index is 1.48. The number of aromatic hydroxyl groups is 2. The number of rotatable bonds is 6. The number of nitrogens with one attached hydrogen (secondary N) is 1. The zero-order chi connectivity index (χ0) is 24.2. The first-order valence-corrected chi connectivity index (χ1v) is 11.1. The van der Waals surface area contributed by atoms with Crippen molar-refractivity contribution in [1.29, 1.82) is 0 Å². The van der Waals surface area contributed by atoms with Gasteiger partial charge in [0.25, 0.3) is 5.91 Å². The molecule has 0 spiro atoms. The number of aromatic nitrogens is 3. The van der Waals surface area contributed by atoms with Crippen LogP contribution in [0.4, 0.5) is 0 Å². The second kappa shape index (κ2) is 9.52. The van der Waals surface area contributed by atoms with Gasteiger partial charge in [0, 0.05) is 12.1 Å². The van der Waals surface area contributed by atoms with Gasteiger partial charge in [-0.05, 0) is 54.1 Å². The number of carbonyl (C=O) groups excluding carboxylic acids is 1. The summed E-state index contributed by atoms with van der Waals surface area (Å²) in [5.74, 6) is 0.643. The molecule has 1 heterocycles. The van der Waals surface area contributed by atoms with E-state index in [4.69, 9.17) is 0 Å². The number of amides is 1. The normalized spacial score (nSPS) is 10.7. The van der Waals surface area contributed by atoms with E-state index in [1.165, 1.54) is 0 Å². The fourth-order valence-electron chi connectivity index (χ4n) is 3.74. The van der Waals surface area contributed by atoms with Crippen LogP contribution in [0.2, 0.25) is 0 Å². The molecule has 0 saturated heterocycles. The highest BCUT2D eigenvalue weighted by atomic mass is 16.3. The van der Waals surface area contributed by atoms with E-state index in [1.807, 2.05) is 30.3 Å². The molecule has 0 radical (unpaired) electrons. The molecule has 1 amide bonds. The lowest BCUT2D eigenvalue weighted by atomic mass is 10.1. The zero-order valence-corrected chi connectivity index (χ0v) is 18.7. The molecule has 4 aromatic carbocycles. The predicted octanol–water partition coefficient (Wildman–Crippen LogP) is 4.94. The highest BCUT2D eigenvalue weighted by Gasteiger charge is 2.19. The summed E-state index contributed by atoms with van der Waals surface area (Å²) in [6.07, 6.45) is 0. The molecule has 0 aliphatic heterocycles. The summed E-state index contributed by atoms with van der Waals surface area (Å²) in [6, 6.07) is 30.3. The maximum atomic E-state index is 12.6. The van der Waals surface area contributed by atoms with Crippen LogP contribution in [0.1, 0.15) is 15.9 Å². The highest BCUT2D eigenvalue weighted by Crippen LogP contribution is 2.33. The lowest BCUT2D eigenvalue weighted by Gasteiger charge is -2.09. The molecule has 0 aliphatic rings. The second-order valence-corrected chi connectivity index (χ2v) is 7.92. The summed E-state index contributed by atoms with van der Waals surface area (Å²) in [7, 11) is 0. The first-order chi connectivity index (χ1) is 17.1. The molecular weight excluding hydrogens is 440 g/mol. The number of hydrogen-bond donors (Lipinski definition) is 3. The number of phenols is 2. The van der Waals surface area contributed by atoms with Crippen LogP contribution >= 0.6 is 0 Å². The van der Waals surface area contributed by atoms with Gasteiger partial charge in [0.05, 0.1) is 16.8 Å². The average Bonchev–Trinajstić information content (AvgIpc) is 3.33. The van der Waals surface area contributed by atoms with Gasteiger partial charge >= 0.3 is 0 Å². The van der Waals surface area contributed by atoms with Gasteiger partial charge in [0.1, 0.15) is 11.5 Å². The van der Waals surface area contributed by atoms with Gasteiger partial charge in [-0.3, -0.25) is 4.79 Å². The number of carbonyl (C=O) groups is 1. The van der Waals surface area contributed by atoms with E-state index >= 15 is 0 Å². The minimum atomic E-state index is -0.185. The topological polar surface area (TPSA) is 100 Å². The van der Waals surface area contributed by atoms with Crippen LogP contribution in [0, 0.1) is 0 Å². The smallest absolute Gasteiger partial charge is 0.251 e. The van der Waals surface area contributed by atoms with Crippen molar-refractivity contribution in [3.05, 3.63) is 114 Å². The molecule has 0 aliphatic carbocycles. The number of phenolic OH excluding ortho intramolecular Hbond substituents is 2. The first kappa shape index (κ1) is 21.9. The zero-order valence-electron chi connectivity index (χ0n) is 18.7. The van der Waals surface area contributed by atoms with E-state index in [2.05, 4.69) is 15.4 Å². The van der Waals surface area contributed by atoms with E-state index in [-0.39, 0.29) is 17.4 Å². The highest BCUT2D eigenvalue weighted by molar-refractivity contribution is 5.94. The standard InChI is InChI=1S/C28H22N4O3/c33-24-12-6-4-10-22(24)26-30-27(23-11-5-7-13-25(23)34)32(31-26)21-16-14-20(15-17-21)28(35)29-18-19-8-2-1-3-9-19/h1-17,33-34H,18H2,(H,29,35). The molecular formula is C28H22N4O3. The van der Waals surface area contributed by atoms with E-state index in [0.717, 1.165) is 5.56 Å². The van der Waals surface area contributed by atoms with Gasteiger partial charge < -0.3 is 15.5 Å². The van der Waals surface area contributed by atoms with Gasteiger partial charge in [-0.1, -0.05) is 54.6 Å². The monoisotopic (exact) mass is 462 g/mol. The molecule has 0 bridgehead atoms. The summed E-state index contributed by atoms with van der Waals surface area (Å²) in [5, 5.41) is 28.3. The average molecular weight is 463 g/mol. The molecule has 5 aromatic rings. The summed E-state index contributed by atoms with van der Waals surface area (Å²) in [5.41, 5.74) is 3.14. The summed E-state index contributed by atoms with van der Waals surface area (Å²) in [6.45, 7) is 0.436. The third kappa shape index (κ3) is 4.60. The van der Waals surface area contributed by atoms with Crippen molar-refractivity contribution in [3.8, 4) is 40.0 Å². The molecule has 0 saturated carbocycles. The minimum Gasteiger partial charge on any atom is -0.507 e. The molecule has 5 rings (SSSR count). The van der Waals surface area contributed by atoms with Gasteiger partial charge in [0.2, 0.25) is 0 Å². The number of nitrogens with zero attached hydrogens (tertiary/aromatic N) is 3.